The molecule has 0 atom stereocenters. The smallest absolute Gasteiger partial charge is 0.395 e. The second kappa shape index (κ2) is 7.44. The Balaban J connectivity index is 1.78. The van der Waals surface area contributed by atoms with Gasteiger partial charge in [0.05, 0.1) is 22.8 Å². The van der Waals surface area contributed by atoms with Gasteiger partial charge in [-0.05, 0) is 48.7 Å². The van der Waals surface area contributed by atoms with E-state index in [4.69, 9.17) is 4.42 Å². The van der Waals surface area contributed by atoms with Gasteiger partial charge < -0.3 is 4.42 Å². The van der Waals surface area contributed by atoms with Gasteiger partial charge in [0.2, 0.25) is 0 Å². The summed E-state index contributed by atoms with van der Waals surface area (Å²) in [4.78, 5) is 33.6. The van der Waals surface area contributed by atoms with E-state index in [-0.39, 0.29) is 12.3 Å². The van der Waals surface area contributed by atoms with Crippen LogP contribution in [0.25, 0.3) is 10.2 Å². The topological polar surface area (TPSA) is 102 Å². The minimum Gasteiger partial charge on any atom is -0.395 e. The molecule has 0 aliphatic rings. The van der Waals surface area contributed by atoms with Crippen molar-refractivity contribution in [2.24, 2.45) is 0 Å². The third-order valence-electron chi connectivity index (χ3n) is 4.34. The Bertz CT molecular complexity index is 1220. The molecular formula is C20H16N4O4S. The summed E-state index contributed by atoms with van der Waals surface area (Å²) in [7, 11) is 0. The lowest BCUT2D eigenvalue weighted by atomic mass is 10.1. The summed E-state index contributed by atoms with van der Waals surface area (Å²) in [5, 5.41) is 11.4. The lowest BCUT2D eigenvalue weighted by molar-refractivity contribution is -0.402. The van der Waals surface area contributed by atoms with Crippen LogP contribution in [-0.2, 0) is 6.54 Å². The maximum Gasteiger partial charge on any atom is 0.433 e. The second-order valence-corrected chi connectivity index (χ2v) is 7.58. The zero-order valence-electron chi connectivity index (χ0n) is 15.7. The molecule has 29 heavy (non-hydrogen) atoms. The van der Waals surface area contributed by atoms with Crippen molar-refractivity contribution in [2.45, 2.75) is 20.4 Å². The summed E-state index contributed by atoms with van der Waals surface area (Å²) < 4.78 is 6.10. The van der Waals surface area contributed by atoms with E-state index in [0.29, 0.717) is 5.13 Å². The molecule has 1 aromatic carbocycles. The van der Waals surface area contributed by atoms with Gasteiger partial charge in [0.1, 0.15) is 4.92 Å². The van der Waals surface area contributed by atoms with E-state index >= 15 is 0 Å². The van der Waals surface area contributed by atoms with Crippen LogP contribution in [0.1, 0.15) is 27.2 Å². The van der Waals surface area contributed by atoms with Gasteiger partial charge >= 0.3 is 5.88 Å². The number of amides is 1. The molecule has 0 bridgehead atoms. The number of furan rings is 1. The first-order chi connectivity index (χ1) is 13.9. The number of rotatable bonds is 5. The Kier molecular flexibility index (Phi) is 4.81. The molecule has 0 aliphatic heterocycles. The van der Waals surface area contributed by atoms with Gasteiger partial charge in [-0.2, -0.15) is 0 Å². The third kappa shape index (κ3) is 3.72. The Morgan fingerprint density at radius 3 is 2.79 bits per heavy atom. The molecule has 1 amide bonds. The lowest BCUT2D eigenvalue weighted by Gasteiger charge is -2.18. The second-order valence-electron chi connectivity index (χ2n) is 6.57. The van der Waals surface area contributed by atoms with Gasteiger partial charge in [-0.25, -0.2) is 4.98 Å². The average molecular weight is 408 g/mol. The Morgan fingerprint density at radius 2 is 2.10 bits per heavy atom. The molecule has 3 aromatic heterocycles. The van der Waals surface area contributed by atoms with Gasteiger partial charge in [0, 0.05) is 12.4 Å². The normalized spacial score (nSPS) is 11.0. The fourth-order valence-corrected chi connectivity index (χ4v) is 4.19. The Morgan fingerprint density at radius 1 is 1.28 bits per heavy atom. The van der Waals surface area contributed by atoms with Gasteiger partial charge in [-0.3, -0.25) is 24.8 Å². The molecule has 4 aromatic rings. The molecule has 9 heteroatoms. The van der Waals surface area contributed by atoms with Crippen molar-refractivity contribution < 1.29 is 14.1 Å². The zero-order chi connectivity index (χ0) is 20.5. The molecule has 0 radical (unpaired) electrons. The number of pyridine rings is 1. The van der Waals surface area contributed by atoms with Crippen molar-refractivity contribution >= 4 is 38.5 Å². The number of carbonyl (C=O) groups is 1. The number of thiazole rings is 1. The number of anilines is 1. The number of fused-ring (bicyclic) bond motifs is 1. The van der Waals surface area contributed by atoms with Crippen molar-refractivity contribution in [1.82, 2.24) is 9.97 Å². The van der Waals surface area contributed by atoms with Crippen LogP contribution in [0.4, 0.5) is 11.0 Å². The molecule has 0 fully saturated rings. The standard InChI is InChI=1S/C20H16N4O4S/c1-12-8-13(2)18-16(9-12)29-20(22-18)23(11-14-4-3-7-21-10-14)19(25)15-5-6-17(28-15)24(26)27/h3-10H,11H2,1-2H3. The lowest BCUT2D eigenvalue weighted by Crippen LogP contribution is -2.30. The van der Waals surface area contributed by atoms with Crippen molar-refractivity contribution in [3.63, 3.8) is 0 Å². The van der Waals surface area contributed by atoms with E-state index in [9.17, 15) is 14.9 Å². The average Bonchev–Trinajstić information content (AvgIpc) is 3.34. The van der Waals surface area contributed by atoms with Crippen molar-refractivity contribution in [1.29, 1.82) is 0 Å². The SMILES string of the molecule is Cc1cc(C)c2nc(N(Cc3cccnc3)C(=O)c3ccc([N+](=O)[O-])o3)sc2c1. The molecule has 146 valence electrons. The van der Waals surface area contributed by atoms with E-state index in [2.05, 4.69) is 9.97 Å². The van der Waals surface area contributed by atoms with Crippen LogP contribution in [0.2, 0.25) is 0 Å². The van der Waals surface area contributed by atoms with E-state index < -0.39 is 16.7 Å². The van der Waals surface area contributed by atoms with Gasteiger partial charge in [0.15, 0.2) is 10.9 Å². The molecular weight excluding hydrogens is 392 g/mol. The van der Waals surface area contributed by atoms with Crippen LogP contribution in [-0.4, -0.2) is 20.8 Å². The molecule has 8 nitrogen and oxygen atoms in total. The summed E-state index contributed by atoms with van der Waals surface area (Å²) in [5.74, 6) is -1.10. The molecule has 4 rings (SSSR count). The number of hydrogen-bond donors (Lipinski definition) is 0. The van der Waals surface area contributed by atoms with Gasteiger partial charge in [-0.1, -0.05) is 23.5 Å². The molecule has 3 heterocycles. The third-order valence-corrected chi connectivity index (χ3v) is 5.37. The van der Waals surface area contributed by atoms with E-state index in [1.54, 1.807) is 18.5 Å². The number of benzene rings is 1. The summed E-state index contributed by atoms with van der Waals surface area (Å²) >= 11 is 1.39. The molecule has 0 aliphatic carbocycles. The number of aromatic nitrogens is 2. The maximum absolute atomic E-state index is 13.2. The minimum atomic E-state index is -0.675. The van der Waals surface area contributed by atoms with Crippen molar-refractivity contribution in [3.05, 3.63) is 81.4 Å². The molecule has 0 saturated heterocycles. The highest BCUT2D eigenvalue weighted by Crippen LogP contribution is 2.33. The van der Waals surface area contributed by atoms with E-state index in [0.717, 1.165) is 26.9 Å². The zero-order valence-corrected chi connectivity index (χ0v) is 16.5. The number of carbonyl (C=O) groups excluding carboxylic acids is 1. The highest BCUT2D eigenvalue weighted by molar-refractivity contribution is 7.22. The first-order valence-electron chi connectivity index (χ1n) is 8.75. The van der Waals surface area contributed by atoms with E-state index in [1.165, 1.54) is 28.4 Å². The first-order valence-corrected chi connectivity index (χ1v) is 9.57. The largest absolute Gasteiger partial charge is 0.433 e. The minimum absolute atomic E-state index is 0.118. The number of hydrogen-bond acceptors (Lipinski definition) is 7. The molecule has 0 spiro atoms. The highest BCUT2D eigenvalue weighted by atomic mass is 32.1. The summed E-state index contributed by atoms with van der Waals surface area (Å²) in [6, 6.07) is 10.2. The van der Waals surface area contributed by atoms with Crippen molar-refractivity contribution in [3.8, 4) is 0 Å². The predicted molar refractivity (Wildman–Crippen MR) is 109 cm³/mol. The fraction of sp³-hybridized carbons (Fsp3) is 0.150. The first kappa shape index (κ1) is 18.8. The van der Waals surface area contributed by atoms with Crippen molar-refractivity contribution in [2.75, 3.05) is 4.90 Å². The van der Waals surface area contributed by atoms with Crippen LogP contribution >= 0.6 is 11.3 Å². The summed E-state index contributed by atoms with van der Waals surface area (Å²) in [5.41, 5.74) is 3.75. The van der Waals surface area contributed by atoms with Crippen LogP contribution < -0.4 is 4.90 Å². The summed E-state index contributed by atoms with van der Waals surface area (Å²) in [6.45, 7) is 4.19. The fourth-order valence-electron chi connectivity index (χ4n) is 3.05. The quantitative estimate of drug-likeness (QED) is 0.352. The highest BCUT2D eigenvalue weighted by Gasteiger charge is 2.26. The van der Waals surface area contributed by atoms with Crippen LogP contribution in [0, 0.1) is 24.0 Å². The molecule has 0 saturated carbocycles. The molecule has 0 N–H and O–H groups in total. The van der Waals surface area contributed by atoms with Crippen LogP contribution in [0.3, 0.4) is 0 Å². The number of nitrogens with zero attached hydrogens (tertiary/aromatic N) is 4. The Hall–Kier alpha value is -3.59. The summed E-state index contributed by atoms with van der Waals surface area (Å²) in [6.07, 6.45) is 3.31. The van der Waals surface area contributed by atoms with Crippen LogP contribution in [0.15, 0.2) is 53.2 Å². The van der Waals surface area contributed by atoms with E-state index in [1.807, 2.05) is 32.0 Å². The van der Waals surface area contributed by atoms with Gasteiger partial charge in [-0.15, -0.1) is 0 Å². The predicted octanol–water partition coefficient (Wildman–Crippen LogP) is 4.66. The molecule has 0 unspecified atom stereocenters. The van der Waals surface area contributed by atoms with Crippen LogP contribution in [0.5, 0.6) is 0 Å². The Labute approximate surface area is 169 Å². The number of aryl methyl sites for hydroxylation is 2. The monoisotopic (exact) mass is 408 g/mol. The maximum atomic E-state index is 13.2. The van der Waals surface area contributed by atoms with Gasteiger partial charge in [0.25, 0.3) is 5.91 Å². The number of nitro groups is 1.